The quantitative estimate of drug-likeness (QED) is 0.105. The van der Waals surface area contributed by atoms with Gasteiger partial charge in [0.05, 0.1) is 25.6 Å². The molecule has 4 nitrogen and oxygen atoms in total. The predicted octanol–water partition coefficient (Wildman–Crippen LogP) is 16.4. The second-order valence-electron chi connectivity index (χ2n) is 20.4. The minimum atomic E-state index is 0.806. The Labute approximate surface area is 365 Å². The van der Waals surface area contributed by atoms with E-state index in [0.29, 0.717) is 0 Å². The highest BCUT2D eigenvalue weighted by Crippen LogP contribution is 2.40. The number of nitrogens with zero attached hydrogens (tertiary/aromatic N) is 2. The lowest BCUT2D eigenvalue weighted by molar-refractivity contribution is 0.209. The summed E-state index contributed by atoms with van der Waals surface area (Å²) in [6.45, 7) is 10.7. The second-order valence-corrected chi connectivity index (χ2v) is 20.4. The fraction of sp³-hybridized carbons (Fsp3) is 0.818. The van der Waals surface area contributed by atoms with Gasteiger partial charge >= 0.3 is 0 Å². The molecule has 6 rings (SSSR count). The van der Waals surface area contributed by atoms with Gasteiger partial charge in [0, 0.05) is 11.4 Å². The summed E-state index contributed by atoms with van der Waals surface area (Å²) in [4.78, 5) is 9.25. The minimum absolute atomic E-state index is 0.806. The maximum atomic E-state index is 5.73. The molecule has 0 saturated heterocycles. The molecule has 2 heterocycles. The van der Waals surface area contributed by atoms with Gasteiger partial charge in [0.15, 0.2) is 0 Å². The first kappa shape index (κ1) is 47.9. The minimum Gasteiger partial charge on any atom is -0.492 e. The molecule has 0 N–H and O–H groups in total. The summed E-state index contributed by atoms with van der Waals surface area (Å²) in [6.07, 6.45) is 47.5. The summed E-state index contributed by atoms with van der Waals surface area (Å²) < 4.78 is 11.5. The lowest BCUT2D eigenvalue weighted by atomic mass is 9.74. The Kier molecular flexibility index (Phi) is 23.2. The van der Waals surface area contributed by atoms with E-state index >= 15 is 0 Å². The first-order valence-corrected chi connectivity index (χ1v) is 26.2. The highest BCUT2D eigenvalue weighted by atomic mass is 16.5. The molecule has 4 fully saturated rings. The van der Waals surface area contributed by atoms with Crippen LogP contribution in [0.4, 0.5) is 0 Å². The molecule has 2 aromatic rings. The first-order chi connectivity index (χ1) is 29.0. The molecule has 0 aliphatic heterocycles. The third-order valence-electron chi connectivity index (χ3n) is 15.9. The summed E-state index contributed by atoms with van der Waals surface area (Å²) in [7, 11) is 0. The van der Waals surface area contributed by atoms with Crippen LogP contribution in [0.25, 0.3) is 0 Å². The van der Waals surface area contributed by atoms with E-state index in [0.717, 1.165) is 97.7 Å². The average molecular weight is 813 g/mol. The molecule has 0 unspecified atom stereocenters. The van der Waals surface area contributed by atoms with E-state index < -0.39 is 0 Å². The molecule has 0 bridgehead atoms. The van der Waals surface area contributed by atoms with Crippen molar-refractivity contribution in [2.24, 2.45) is 47.3 Å². The zero-order valence-corrected chi connectivity index (χ0v) is 39.1. The van der Waals surface area contributed by atoms with Gasteiger partial charge in [-0.3, -0.25) is 9.97 Å². The summed E-state index contributed by atoms with van der Waals surface area (Å²) in [5.41, 5.74) is 2.47. The van der Waals surface area contributed by atoms with Gasteiger partial charge in [-0.05, 0) is 110 Å². The molecule has 4 saturated carbocycles. The maximum Gasteiger partial charge on any atom is 0.137 e. The zero-order chi connectivity index (χ0) is 41.3. The molecule has 0 radical (unpaired) electrons. The van der Waals surface area contributed by atoms with Gasteiger partial charge in [-0.1, -0.05) is 188 Å². The van der Waals surface area contributed by atoms with E-state index in [-0.39, 0.29) is 0 Å². The van der Waals surface area contributed by atoms with Crippen molar-refractivity contribution in [3.8, 4) is 11.5 Å². The van der Waals surface area contributed by atoms with Crippen molar-refractivity contribution in [2.75, 3.05) is 13.2 Å². The van der Waals surface area contributed by atoms with Crippen LogP contribution in [0.2, 0.25) is 0 Å². The topological polar surface area (TPSA) is 44.2 Å². The number of ether oxygens (including phenoxy) is 2. The monoisotopic (exact) mass is 813 g/mol. The molecule has 4 aliphatic rings. The van der Waals surface area contributed by atoms with Crippen molar-refractivity contribution in [3.05, 3.63) is 48.0 Å². The van der Waals surface area contributed by atoms with Gasteiger partial charge in [0.2, 0.25) is 0 Å². The van der Waals surface area contributed by atoms with E-state index in [1.54, 1.807) is 0 Å². The van der Waals surface area contributed by atoms with Crippen molar-refractivity contribution in [1.29, 1.82) is 0 Å². The number of hydrogen-bond acceptors (Lipinski definition) is 4. The van der Waals surface area contributed by atoms with Crippen molar-refractivity contribution < 1.29 is 9.47 Å². The van der Waals surface area contributed by atoms with Gasteiger partial charge in [-0.15, -0.1) is 0 Å². The van der Waals surface area contributed by atoms with Crippen LogP contribution in [0.15, 0.2) is 36.7 Å². The van der Waals surface area contributed by atoms with Gasteiger partial charge in [0.25, 0.3) is 0 Å². The first-order valence-electron chi connectivity index (χ1n) is 26.2. The molecule has 334 valence electrons. The number of unbranched alkanes of at least 4 members (excludes halogenated alkanes) is 2. The third kappa shape index (κ3) is 18.8. The van der Waals surface area contributed by atoms with Crippen LogP contribution in [0.1, 0.15) is 225 Å². The second kappa shape index (κ2) is 28.5. The summed E-state index contributed by atoms with van der Waals surface area (Å²) in [5, 5.41) is 0. The number of pyridine rings is 2. The highest BCUT2D eigenvalue weighted by Gasteiger charge is 2.26. The Hall–Kier alpha value is -2.10. The van der Waals surface area contributed by atoms with E-state index in [1.807, 2.05) is 12.4 Å². The molecule has 4 heteroatoms. The molecule has 0 amide bonds. The highest BCUT2D eigenvalue weighted by molar-refractivity contribution is 5.20. The standard InChI is InChI=1S/C28H47NO.C27H45NO/c1-3-5-21-30-28-20-19-27(29-22-28)18-17-26-15-13-25(14-16-26)12-11-24-9-7-23(6-4-2)8-10-24;1-3-5-20-29-27-19-18-26(28-21-27)17-16-25-14-12-24(13-15-25)11-10-23-8-6-22(4-2)7-9-23/h19-20,22-26H,3-18,21H2,1-2H3;18-19,21-25H,3-17,20H2,1-2H3. The number of aromatic nitrogens is 2. The van der Waals surface area contributed by atoms with E-state index in [9.17, 15) is 0 Å². The normalized spacial score (nSPS) is 27.4. The Morgan fingerprint density at radius 2 is 0.712 bits per heavy atom. The van der Waals surface area contributed by atoms with Crippen molar-refractivity contribution in [3.63, 3.8) is 0 Å². The van der Waals surface area contributed by atoms with E-state index in [1.165, 1.54) is 185 Å². The van der Waals surface area contributed by atoms with Crippen LogP contribution in [-0.4, -0.2) is 23.2 Å². The van der Waals surface area contributed by atoms with Crippen LogP contribution < -0.4 is 9.47 Å². The van der Waals surface area contributed by atoms with Gasteiger partial charge in [-0.2, -0.15) is 0 Å². The van der Waals surface area contributed by atoms with E-state index in [2.05, 4.69) is 61.9 Å². The van der Waals surface area contributed by atoms with Gasteiger partial charge < -0.3 is 9.47 Å². The number of aryl methyl sites for hydroxylation is 2. The van der Waals surface area contributed by atoms with Crippen LogP contribution in [0, 0.1) is 47.3 Å². The zero-order valence-electron chi connectivity index (χ0n) is 39.1. The molecule has 0 atom stereocenters. The molecule has 2 aromatic heterocycles. The number of rotatable bonds is 23. The van der Waals surface area contributed by atoms with Crippen molar-refractivity contribution >= 4 is 0 Å². The van der Waals surface area contributed by atoms with E-state index in [4.69, 9.17) is 9.47 Å². The van der Waals surface area contributed by atoms with Gasteiger partial charge in [-0.25, -0.2) is 0 Å². The SMILES string of the molecule is CCCCOc1ccc(CCC2CCC(CCC3CCC(CC)CC3)CC2)nc1.CCCCOc1ccc(CCC2CCC(CCC3CCC(CCC)CC3)CC2)nc1. The molecular weight excluding hydrogens is 721 g/mol. The summed E-state index contributed by atoms with van der Waals surface area (Å²) in [5.74, 6) is 9.94. The van der Waals surface area contributed by atoms with Crippen LogP contribution in [0.3, 0.4) is 0 Å². The predicted molar refractivity (Wildman–Crippen MR) is 251 cm³/mol. The molecule has 59 heavy (non-hydrogen) atoms. The Bertz CT molecular complexity index is 1300. The fourth-order valence-corrected chi connectivity index (χ4v) is 11.4. The van der Waals surface area contributed by atoms with Crippen molar-refractivity contribution in [1.82, 2.24) is 9.97 Å². The van der Waals surface area contributed by atoms with Crippen LogP contribution >= 0.6 is 0 Å². The maximum absolute atomic E-state index is 5.73. The molecular formula is C55H92N2O2. The van der Waals surface area contributed by atoms with Crippen LogP contribution in [-0.2, 0) is 12.8 Å². The summed E-state index contributed by atoms with van der Waals surface area (Å²) >= 11 is 0. The number of hydrogen-bond donors (Lipinski definition) is 0. The smallest absolute Gasteiger partial charge is 0.137 e. The molecule has 0 spiro atoms. The molecule has 0 aromatic carbocycles. The fourth-order valence-electron chi connectivity index (χ4n) is 11.4. The Balaban J connectivity index is 0.000000224. The lowest BCUT2D eigenvalue weighted by Crippen LogP contribution is -2.18. The Morgan fingerprint density at radius 1 is 0.390 bits per heavy atom. The van der Waals surface area contributed by atoms with Crippen LogP contribution in [0.5, 0.6) is 11.5 Å². The lowest BCUT2D eigenvalue weighted by Gasteiger charge is -2.32. The Morgan fingerprint density at radius 3 is 1.00 bits per heavy atom. The average Bonchev–Trinajstić information content (AvgIpc) is 3.29. The largest absolute Gasteiger partial charge is 0.492 e. The van der Waals surface area contributed by atoms with Crippen molar-refractivity contribution in [2.45, 2.75) is 227 Å². The molecule has 4 aliphatic carbocycles. The van der Waals surface area contributed by atoms with Gasteiger partial charge in [0.1, 0.15) is 11.5 Å². The summed E-state index contributed by atoms with van der Waals surface area (Å²) in [6, 6.07) is 8.54. The third-order valence-corrected chi connectivity index (χ3v) is 15.9.